The quantitative estimate of drug-likeness (QED) is 0.463. The molecule has 0 atom stereocenters. The Bertz CT molecular complexity index is 1420. The van der Waals surface area contributed by atoms with Gasteiger partial charge in [-0.2, -0.15) is 0 Å². The van der Waals surface area contributed by atoms with E-state index < -0.39 is 0 Å². The first kappa shape index (κ1) is 19.3. The molecule has 4 aromatic heterocycles. The summed E-state index contributed by atoms with van der Waals surface area (Å²) < 4.78 is 15.4. The van der Waals surface area contributed by atoms with E-state index in [0.717, 1.165) is 83.7 Å². The van der Waals surface area contributed by atoms with E-state index in [2.05, 4.69) is 43.9 Å². The Balaban J connectivity index is 1.46. The second-order valence-electron chi connectivity index (χ2n) is 8.35. The maximum absolute atomic E-state index is 5.53. The summed E-state index contributed by atoms with van der Waals surface area (Å²) in [6, 6.07) is 8.42. The number of ether oxygens (including phenoxy) is 2. The summed E-state index contributed by atoms with van der Waals surface area (Å²) in [4.78, 5) is 12.0. The molecule has 5 heterocycles. The topological polar surface area (TPSA) is 73.1 Å². The standard InChI is InChI=1S/C24H26N6O2/c1-28-23-16(14-26-28)13-25-24-19(23)12-21(27-24)20-15-30(6-5-29-7-9-32-10-8-29)22-4-3-17(31-2)11-18(20)22/h3-4,11-15,26H,5-10H2,1-2H3. The van der Waals surface area contributed by atoms with Crippen molar-refractivity contribution in [2.75, 3.05) is 40.0 Å². The van der Waals surface area contributed by atoms with Crippen LogP contribution in [-0.2, 0) is 18.3 Å². The lowest BCUT2D eigenvalue weighted by atomic mass is 10.1. The maximum Gasteiger partial charge on any atom is 0.162 e. The predicted octanol–water partition coefficient (Wildman–Crippen LogP) is 3.41. The highest BCUT2D eigenvalue weighted by atomic mass is 16.5. The smallest absolute Gasteiger partial charge is 0.162 e. The third-order valence-corrected chi connectivity index (χ3v) is 6.48. The molecule has 164 valence electrons. The molecule has 1 fully saturated rings. The van der Waals surface area contributed by atoms with E-state index in [9.17, 15) is 0 Å². The first-order chi connectivity index (χ1) is 15.7. The number of rotatable bonds is 5. The summed E-state index contributed by atoms with van der Waals surface area (Å²) in [7, 11) is 3.72. The number of aromatic nitrogens is 5. The molecule has 1 aliphatic rings. The summed E-state index contributed by atoms with van der Waals surface area (Å²) in [6.45, 7) is 5.53. The summed E-state index contributed by atoms with van der Waals surface area (Å²) >= 11 is 0. The molecule has 1 aromatic carbocycles. The van der Waals surface area contributed by atoms with Crippen LogP contribution in [0.3, 0.4) is 0 Å². The van der Waals surface area contributed by atoms with Crippen LogP contribution in [0.15, 0.2) is 42.9 Å². The van der Waals surface area contributed by atoms with Crippen molar-refractivity contribution in [2.24, 2.45) is 7.05 Å². The molecule has 0 radical (unpaired) electrons. The average Bonchev–Trinajstić information content (AvgIpc) is 3.52. The zero-order valence-electron chi connectivity index (χ0n) is 18.3. The Morgan fingerprint density at radius 2 is 2.00 bits per heavy atom. The van der Waals surface area contributed by atoms with Gasteiger partial charge in [0.2, 0.25) is 0 Å². The average molecular weight is 431 g/mol. The fourth-order valence-corrected chi connectivity index (χ4v) is 4.74. The van der Waals surface area contributed by atoms with E-state index in [1.807, 2.05) is 30.2 Å². The van der Waals surface area contributed by atoms with Crippen molar-refractivity contribution in [3.05, 3.63) is 42.9 Å². The van der Waals surface area contributed by atoms with Crippen LogP contribution in [0.4, 0.5) is 0 Å². The number of pyridine rings is 1. The number of fused-ring (bicyclic) bond motifs is 4. The van der Waals surface area contributed by atoms with Crippen molar-refractivity contribution in [1.29, 1.82) is 0 Å². The largest absolute Gasteiger partial charge is 0.497 e. The monoisotopic (exact) mass is 430 g/mol. The van der Waals surface area contributed by atoms with Gasteiger partial charge >= 0.3 is 0 Å². The summed E-state index contributed by atoms with van der Waals surface area (Å²) in [5.41, 5.74) is 5.10. The first-order valence-electron chi connectivity index (χ1n) is 11.0. The van der Waals surface area contributed by atoms with Gasteiger partial charge < -0.3 is 19.1 Å². The molecule has 0 unspecified atom stereocenters. The van der Waals surface area contributed by atoms with E-state index in [-0.39, 0.29) is 0 Å². The van der Waals surface area contributed by atoms with Gasteiger partial charge in [0, 0.05) is 79.1 Å². The number of nitrogens with one attached hydrogen (secondary N) is 1. The first-order valence-corrected chi connectivity index (χ1v) is 11.0. The lowest BCUT2D eigenvalue weighted by Gasteiger charge is -2.26. The van der Waals surface area contributed by atoms with Gasteiger partial charge in [-0.1, -0.05) is 0 Å². The number of H-pyrrole nitrogens is 1. The van der Waals surface area contributed by atoms with Crippen molar-refractivity contribution < 1.29 is 9.47 Å². The number of aromatic amines is 1. The van der Waals surface area contributed by atoms with Crippen LogP contribution in [-0.4, -0.2) is 69.2 Å². The number of aryl methyl sites for hydroxylation is 1. The zero-order chi connectivity index (χ0) is 21.7. The van der Waals surface area contributed by atoms with Gasteiger partial charge in [-0.3, -0.25) is 9.58 Å². The van der Waals surface area contributed by atoms with Crippen molar-refractivity contribution in [3.8, 4) is 17.0 Å². The van der Waals surface area contributed by atoms with Gasteiger partial charge in [0.25, 0.3) is 0 Å². The molecule has 0 saturated carbocycles. The number of methoxy groups -OCH3 is 1. The van der Waals surface area contributed by atoms with E-state index in [0.29, 0.717) is 0 Å². The van der Waals surface area contributed by atoms with Gasteiger partial charge in [0.15, 0.2) is 5.65 Å². The van der Waals surface area contributed by atoms with Crippen molar-refractivity contribution in [1.82, 2.24) is 29.2 Å². The molecule has 1 aliphatic heterocycles. The molecule has 0 bridgehead atoms. The summed E-state index contributed by atoms with van der Waals surface area (Å²) in [5, 5.41) is 6.50. The number of hydrogen-bond donors (Lipinski definition) is 1. The third kappa shape index (κ3) is 3.14. The molecular weight excluding hydrogens is 404 g/mol. The third-order valence-electron chi connectivity index (χ3n) is 6.48. The second kappa shape index (κ2) is 7.65. The van der Waals surface area contributed by atoms with Gasteiger partial charge in [0.05, 0.1) is 31.5 Å². The number of hydrogen-bond acceptors (Lipinski definition) is 5. The Hall–Kier alpha value is -3.36. The van der Waals surface area contributed by atoms with Gasteiger partial charge in [-0.05, 0) is 24.3 Å². The molecule has 0 amide bonds. The minimum absolute atomic E-state index is 0.764. The molecule has 8 nitrogen and oxygen atoms in total. The number of benzene rings is 1. The number of nitrogens with zero attached hydrogens (tertiary/aromatic N) is 5. The van der Waals surface area contributed by atoms with Gasteiger partial charge in [0.1, 0.15) is 5.75 Å². The predicted molar refractivity (Wildman–Crippen MR) is 125 cm³/mol. The molecule has 1 saturated heterocycles. The molecule has 5 aromatic rings. The van der Waals surface area contributed by atoms with Crippen LogP contribution in [0.25, 0.3) is 44.1 Å². The Kier molecular flexibility index (Phi) is 4.62. The van der Waals surface area contributed by atoms with Crippen LogP contribution < -0.4 is 4.74 Å². The van der Waals surface area contributed by atoms with Crippen LogP contribution in [0.2, 0.25) is 0 Å². The Morgan fingerprint density at radius 3 is 2.84 bits per heavy atom. The summed E-state index contributed by atoms with van der Waals surface area (Å²) in [5.74, 6) is 0.846. The SMILES string of the molecule is COc1ccc2c(c1)c(-c1cc3c(ncc4c[nH]n(C)c43)n1)cn2CCN1CCOCC1. The Morgan fingerprint density at radius 1 is 1.12 bits per heavy atom. The lowest BCUT2D eigenvalue weighted by Crippen LogP contribution is -2.38. The van der Waals surface area contributed by atoms with Crippen LogP contribution in [0.1, 0.15) is 0 Å². The van der Waals surface area contributed by atoms with Crippen molar-refractivity contribution in [3.63, 3.8) is 0 Å². The highest BCUT2D eigenvalue weighted by molar-refractivity contribution is 6.06. The Labute approximate surface area is 185 Å². The molecule has 8 heteroatoms. The van der Waals surface area contributed by atoms with E-state index in [1.165, 1.54) is 5.52 Å². The minimum Gasteiger partial charge on any atom is -0.497 e. The molecule has 0 aliphatic carbocycles. The zero-order valence-corrected chi connectivity index (χ0v) is 18.3. The molecule has 32 heavy (non-hydrogen) atoms. The van der Waals surface area contributed by atoms with Gasteiger partial charge in [-0.15, -0.1) is 0 Å². The fraction of sp³-hybridized carbons (Fsp3) is 0.333. The molecular formula is C24H26N6O2. The highest BCUT2D eigenvalue weighted by Crippen LogP contribution is 2.35. The number of morpholine rings is 1. The highest BCUT2D eigenvalue weighted by Gasteiger charge is 2.18. The van der Waals surface area contributed by atoms with E-state index in [1.54, 1.807) is 7.11 Å². The normalized spacial score (nSPS) is 15.3. The van der Waals surface area contributed by atoms with E-state index >= 15 is 0 Å². The van der Waals surface area contributed by atoms with Crippen molar-refractivity contribution >= 4 is 32.8 Å². The summed E-state index contributed by atoms with van der Waals surface area (Å²) in [6.07, 6.45) is 6.07. The lowest BCUT2D eigenvalue weighted by molar-refractivity contribution is 0.0365. The molecule has 1 N–H and O–H groups in total. The second-order valence-corrected chi connectivity index (χ2v) is 8.35. The van der Waals surface area contributed by atoms with Crippen molar-refractivity contribution in [2.45, 2.75) is 6.54 Å². The molecule has 0 spiro atoms. The molecule has 6 rings (SSSR count). The maximum atomic E-state index is 5.53. The minimum atomic E-state index is 0.764. The van der Waals surface area contributed by atoms with E-state index in [4.69, 9.17) is 14.5 Å². The van der Waals surface area contributed by atoms with Gasteiger partial charge in [-0.25, -0.2) is 9.97 Å². The van der Waals surface area contributed by atoms with Crippen LogP contribution in [0.5, 0.6) is 5.75 Å². The fourth-order valence-electron chi connectivity index (χ4n) is 4.74. The van der Waals surface area contributed by atoms with Crippen LogP contribution in [0, 0.1) is 0 Å². The van der Waals surface area contributed by atoms with Crippen LogP contribution >= 0.6 is 0 Å².